The molecule has 0 saturated heterocycles. The third-order valence-electron chi connectivity index (χ3n) is 3.65. The molecule has 2 atom stereocenters. The van der Waals surface area contributed by atoms with Gasteiger partial charge in [-0.15, -0.1) is 0 Å². The van der Waals surface area contributed by atoms with Crippen LogP contribution in [0.1, 0.15) is 25.0 Å². The maximum Gasteiger partial charge on any atom is 0.0720 e. The molecule has 2 nitrogen and oxygen atoms in total. The molecule has 2 aromatic carbocycles. The molecule has 2 aromatic rings. The largest absolute Gasteiger partial charge is 0.376 e. The average Bonchev–Trinajstić information content (AvgIpc) is 2.54. The van der Waals surface area contributed by atoms with E-state index in [0.717, 1.165) is 0 Å². The summed E-state index contributed by atoms with van der Waals surface area (Å²) >= 11 is 0. The molecule has 0 N–H and O–H groups in total. The molecule has 2 rings (SSSR count). The molecule has 0 aromatic heterocycles. The highest BCUT2D eigenvalue weighted by Crippen LogP contribution is 2.12. The van der Waals surface area contributed by atoms with Crippen molar-refractivity contribution in [1.82, 2.24) is 0 Å². The van der Waals surface area contributed by atoms with Crippen LogP contribution in [-0.4, -0.2) is 12.7 Å². The molecule has 0 fully saturated rings. The van der Waals surface area contributed by atoms with E-state index in [2.05, 4.69) is 38.1 Å². The molecular formula is C19H24O2. The van der Waals surface area contributed by atoms with Gasteiger partial charge in [0.05, 0.1) is 25.9 Å². The molecule has 0 saturated carbocycles. The van der Waals surface area contributed by atoms with E-state index in [4.69, 9.17) is 9.47 Å². The predicted octanol–water partition coefficient (Wildman–Crippen LogP) is 4.44. The zero-order valence-electron chi connectivity index (χ0n) is 12.9. The standard InChI is InChI=1S/C19H24O2/c1-16(13-20-14-18-9-5-3-6-10-18)17(2)21-15-19-11-7-4-8-12-19/h3-12,16-17H,13-15H2,1-2H3. The SMILES string of the molecule is CC(COCc1ccccc1)C(C)OCc1ccccc1. The minimum atomic E-state index is 0.181. The van der Waals surface area contributed by atoms with Gasteiger partial charge in [-0.05, 0) is 18.1 Å². The summed E-state index contributed by atoms with van der Waals surface area (Å²) in [4.78, 5) is 0. The van der Waals surface area contributed by atoms with Crippen LogP contribution in [0.15, 0.2) is 60.7 Å². The highest BCUT2D eigenvalue weighted by Gasteiger charge is 2.13. The van der Waals surface area contributed by atoms with E-state index in [1.54, 1.807) is 0 Å². The monoisotopic (exact) mass is 284 g/mol. The van der Waals surface area contributed by atoms with E-state index in [1.807, 2.05) is 36.4 Å². The fourth-order valence-corrected chi connectivity index (χ4v) is 2.04. The molecule has 0 aliphatic carbocycles. The van der Waals surface area contributed by atoms with Gasteiger partial charge in [-0.2, -0.15) is 0 Å². The number of rotatable bonds is 8. The Morgan fingerprint density at radius 3 is 1.86 bits per heavy atom. The highest BCUT2D eigenvalue weighted by atomic mass is 16.5. The Morgan fingerprint density at radius 1 is 0.762 bits per heavy atom. The summed E-state index contributed by atoms with van der Waals surface area (Å²) in [6.45, 7) is 6.31. The van der Waals surface area contributed by atoms with Crippen LogP contribution in [0.25, 0.3) is 0 Å². The summed E-state index contributed by atoms with van der Waals surface area (Å²) < 4.78 is 11.7. The Morgan fingerprint density at radius 2 is 1.29 bits per heavy atom. The quantitative estimate of drug-likeness (QED) is 0.713. The molecule has 0 aliphatic rings. The smallest absolute Gasteiger partial charge is 0.0720 e. The summed E-state index contributed by atoms with van der Waals surface area (Å²) in [5.41, 5.74) is 2.42. The van der Waals surface area contributed by atoms with Crippen molar-refractivity contribution in [2.24, 2.45) is 5.92 Å². The third kappa shape index (κ3) is 5.70. The third-order valence-corrected chi connectivity index (χ3v) is 3.65. The molecule has 2 unspecified atom stereocenters. The molecule has 0 spiro atoms. The highest BCUT2D eigenvalue weighted by molar-refractivity contribution is 5.14. The van der Waals surface area contributed by atoms with Crippen LogP contribution in [0.5, 0.6) is 0 Å². The van der Waals surface area contributed by atoms with Gasteiger partial charge in [-0.1, -0.05) is 67.6 Å². The summed E-state index contributed by atoms with van der Waals surface area (Å²) in [6, 6.07) is 20.5. The maximum atomic E-state index is 5.91. The van der Waals surface area contributed by atoms with E-state index in [1.165, 1.54) is 11.1 Å². The normalized spacial score (nSPS) is 13.8. The molecular weight excluding hydrogens is 260 g/mol. The molecule has 0 amide bonds. The number of hydrogen-bond donors (Lipinski definition) is 0. The zero-order valence-corrected chi connectivity index (χ0v) is 12.9. The number of ether oxygens (including phenoxy) is 2. The van der Waals surface area contributed by atoms with E-state index in [-0.39, 0.29) is 6.10 Å². The molecule has 0 radical (unpaired) electrons. The summed E-state index contributed by atoms with van der Waals surface area (Å²) in [6.07, 6.45) is 0.181. The van der Waals surface area contributed by atoms with Crippen molar-refractivity contribution in [3.63, 3.8) is 0 Å². The van der Waals surface area contributed by atoms with Crippen LogP contribution >= 0.6 is 0 Å². The van der Waals surface area contributed by atoms with Gasteiger partial charge in [0, 0.05) is 5.92 Å². The lowest BCUT2D eigenvalue weighted by molar-refractivity contribution is -0.0182. The Hall–Kier alpha value is -1.64. The van der Waals surface area contributed by atoms with Crippen molar-refractivity contribution >= 4 is 0 Å². The van der Waals surface area contributed by atoms with Gasteiger partial charge in [0.1, 0.15) is 0 Å². The van der Waals surface area contributed by atoms with Crippen molar-refractivity contribution in [3.05, 3.63) is 71.8 Å². The second kappa shape index (κ2) is 8.60. The van der Waals surface area contributed by atoms with Gasteiger partial charge in [0.25, 0.3) is 0 Å². The molecule has 0 aliphatic heterocycles. The Labute approximate surface area is 127 Å². The second-order valence-electron chi connectivity index (χ2n) is 5.48. The second-order valence-corrected chi connectivity index (χ2v) is 5.48. The van der Waals surface area contributed by atoms with E-state index < -0.39 is 0 Å². The lowest BCUT2D eigenvalue weighted by Gasteiger charge is -2.20. The maximum absolute atomic E-state index is 5.91. The molecule has 0 bridgehead atoms. The number of benzene rings is 2. The predicted molar refractivity (Wildman–Crippen MR) is 86.0 cm³/mol. The summed E-state index contributed by atoms with van der Waals surface area (Å²) in [5, 5.41) is 0. The van der Waals surface area contributed by atoms with Gasteiger partial charge in [0.15, 0.2) is 0 Å². The van der Waals surface area contributed by atoms with Gasteiger partial charge in [-0.25, -0.2) is 0 Å². The number of hydrogen-bond acceptors (Lipinski definition) is 2. The van der Waals surface area contributed by atoms with Gasteiger partial charge in [-0.3, -0.25) is 0 Å². The fraction of sp³-hybridized carbons (Fsp3) is 0.368. The van der Waals surface area contributed by atoms with Crippen LogP contribution < -0.4 is 0 Å². The van der Waals surface area contributed by atoms with Crippen LogP contribution in [0, 0.1) is 5.92 Å². The van der Waals surface area contributed by atoms with Crippen molar-refractivity contribution in [3.8, 4) is 0 Å². The first-order chi connectivity index (χ1) is 10.3. The average molecular weight is 284 g/mol. The van der Waals surface area contributed by atoms with E-state index >= 15 is 0 Å². The van der Waals surface area contributed by atoms with Gasteiger partial charge >= 0.3 is 0 Å². The van der Waals surface area contributed by atoms with Gasteiger partial charge < -0.3 is 9.47 Å². The zero-order chi connectivity index (χ0) is 14.9. The first-order valence-electron chi connectivity index (χ1n) is 7.53. The van der Waals surface area contributed by atoms with Crippen LogP contribution in [0.2, 0.25) is 0 Å². The lowest BCUT2D eigenvalue weighted by Crippen LogP contribution is -2.22. The first kappa shape index (κ1) is 15.7. The minimum Gasteiger partial charge on any atom is -0.376 e. The Balaban J connectivity index is 1.66. The molecule has 112 valence electrons. The minimum absolute atomic E-state index is 0.181. The van der Waals surface area contributed by atoms with Gasteiger partial charge in [0.2, 0.25) is 0 Å². The molecule has 2 heteroatoms. The van der Waals surface area contributed by atoms with Crippen molar-refractivity contribution in [2.75, 3.05) is 6.61 Å². The van der Waals surface area contributed by atoms with Crippen molar-refractivity contribution in [2.45, 2.75) is 33.2 Å². The van der Waals surface area contributed by atoms with Crippen LogP contribution in [0.3, 0.4) is 0 Å². The summed E-state index contributed by atoms with van der Waals surface area (Å²) in [5.74, 6) is 0.373. The topological polar surface area (TPSA) is 18.5 Å². The fourth-order valence-electron chi connectivity index (χ4n) is 2.04. The summed E-state index contributed by atoms with van der Waals surface area (Å²) in [7, 11) is 0. The van der Waals surface area contributed by atoms with E-state index in [9.17, 15) is 0 Å². The molecule has 0 heterocycles. The van der Waals surface area contributed by atoms with Crippen molar-refractivity contribution in [1.29, 1.82) is 0 Å². The van der Waals surface area contributed by atoms with Crippen LogP contribution in [0.4, 0.5) is 0 Å². The Kier molecular flexibility index (Phi) is 6.45. The first-order valence-corrected chi connectivity index (χ1v) is 7.53. The Bertz CT molecular complexity index is 495. The van der Waals surface area contributed by atoms with Crippen LogP contribution in [-0.2, 0) is 22.7 Å². The lowest BCUT2D eigenvalue weighted by atomic mass is 10.1. The van der Waals surface area contributed by atoms with E-state index in [0.29, 0.717) is 25.7 Å². The van der Waals surface area contributed by atoms with Crippen molar-refractivity contribution < 1.29 is 9.47 Å². The molecule has 21 heavy (non-hydrogen) atoms.